The van der Waals surface area contributed by atoms with Crippen molar-refractivity contribution in [2.75, 3.05) is 19.7 Å². The van der Waals surface area contributed by atoms with Crippen molar-refractivity contribution in [3.63, 3.8) is 0 Å². The molecule has 0 radical (unpaired) electrons. The molecule has 1 aliphatic rings. The Morgan fingerprint density at radius 2 is 1.88 bits per heavy atom. The van der Waals surface area contributed by atoms with Gasteiger partial charge in [-0.3, -0.25) is 0 Å². The van der Waals surface area contributed by atoms with E-state index in [1.54, 1.807) is 0 Å². The van der Waals surface area contributed by atoms with Gasteiger partial charge in [0.2, 0.25) is 0 Å². The van der Waals surface area contributed by atoms with Crippen molar-refractivity contribution in [3.05, 3.63) is 64.7 Å². The number of rotatable bonds is 6. The second-order valence-electron chi connectivity index (χ2n) is 7.54. The van der Waals surface area contributed by atoms with Crippen molar-refractivity contribution in [3.8, 4) is 5.75 Å². The van der Waals surface area contributed by atoms with Crippen LogP contribution in [0.2, 0.25) is 0 Å². The molecule has 0 saturated heterocycles. The zero-order valence-corrected chi connectivity index (χ0v) is 15.6. The van der Waals surface area contributed by atoms with Crippen LogP contribution in [-0.4, -0.2) is 30.9 Å². The summed E-state index contributed by atoms with van der Waals surface area (Å²) in [5.41, 5.74) is 5.47. The molecule has 1 heterocycles. The van der Waals surface area contributed by atoms with Gasteiger partial charge in [0.05, 0.1) is 6.54 Å². The largest absolute Gasteiger partial charge is 0.491 e. The van der Waals surface area contributed by atoms with Gasteiger partial charge in [0.25, 0.3) is 0 Å². The molecule has 0 saturated carbocycles. The summed E-state index contributed by atoms with van der Waals surface area (Å²) in [4.78, 5) is 1.43. The van der Waals surface area contributed by atoms with E-state index in [1.165, 1.54) is 27.2 Å². The molecule has 25 heavy (non-hydrogen) atoms. The average Bonchev–Trinajstić information content (AvgIpc) is 2.59. The van der Waals surface area contributed by atoms with Crippen LogP contribution in [0.3, 0.4) is 0 Å². The molecule has 1 aliphatic heterocycles. The molecule has 2 atom stereocenters. The third kappa shape index (κ3) is 4.62. The summed E-state index contributed by atoms with van der Waals surface area (Å²) in [6, 6.07) is 14.9. The van der Waals surface area contributed by atoms with Gasteiger partial charge < -0.3 is 14.7 Å². The molecule has 3 rings (SSSR count). The van der Waals surface area contributed by atoms with E-state index in [1.807, 2.05) is 6.07 Å². The highest BCUT2D eigenvalue weighted by Gasteiger charge is 2.22. The van der Waals surface area contributed by atoms with Gasteiger partial charge in [0.1, 0.15) is 31.5 Å². The lowest BCUT2D eigenvalue weighted by molar-refractivity contribution is -0.918. The van der Waals surface area contributed by atoms with Crippen molar-refractivity contribution in [2.24, 2.45) is 0 Å². The minimum absolute atomic E-state index is 0.353. The highest BCUT2D eigenvalue weighted by atomic mass is 16.5. The maximum atomic E-state index is 10.4. The Morgan fingerprint density at radius 1 is 1.12 bits per heavy atom. The van der Waals surface area contributed by atoms with Crippen LogP contribution in [0, 0.1) is 6.92 Å². The van der Waals surface area contributed by atoms with Gasteiger partial charge in [0, 0.05) is 12.0 Å². The van der Waals surface area contributed by atoms with E-state index in [9.17, 15) is 5.11 Å². The van der Waals surface area contributed by atoms with Crippen molar-refractivity contribution in [1.82, 2.24) is 0 Å². The molecule has 2 aromatic rings. The number of aliphatic hydroxyl groups is 1. The lowest BCUT2D eigenvalue weighted by atomic mass is 9.98. The standard InChI is InChI=1S/C22H29NO2/c1-16(2)22-9-8-21(12-17(22)3)25-15-20(24)14-23-11-10-18-6-4-5-7-19(18)13-23/h4-9,12,16,20,24H,10-11,13-15H2,1-3H3/p+1. The summed E-state index contributed by atoms with van der Waals surface area (Å²) in [5.74, 6) is 1.37. The zero-order valence-electron chi connectivity index (χ0n) is 15.6. The number of hydrogen-bond acceptors (Lipinski definition) is 2. The Balaban J connectivity index is 1.50. The van der Waals surface area contributed by atoms with Crippen LogP contribution in [-0.2, 0) is 13.0 Å². The molecule has 2 aromatic carbocycles. The van der Waals surface area contributed by atoms with Crippen LogP contribution in [0.5, 0.6) is 5.75 Å². The van der Waals surface area contributed by atoms with Crippen LogP contribution >= 0.6 is 0 Å². The lowest BCUT2D eigenvalue weighted by Crippen LogP contribution is -3.13. The molecule has 2 unspecified atom stereocenters. The van der Waals surface area contributed by atoms with E-state index in [-0.39, 0.29) is 0 Å². The molecule has 0 fully saturated rings. The number of quaternary nitrogens is 1. The van der Waals surface area contributed by atoms with Crippen molar-refractivity contribution in [2.45, 2.75) is 45.8 Å². The Labute approximate surface area is 151 Å². The smallest absolute Gasteiger partial charge is 0.137 e. The van der Waals surface area contributed by atoms with E-state index < -0.39 is 6.10 Å². The second kappa shape index (κ2) is 8.03. The molecule has 0 amide bonds. The first-order chi connectivity index (χ1) is 12.0. The average molecular weight is 340 g/mol. The maximum absolute atomic E-state index is 10.4. The number of aliphatic hydroxyl groups excluding tert-OH is 1. The quantitative estimate of drug-likeness (QED) is 0.847. The summed E-state index contributed by atoms with van der Waals surface area (Å²) in [6.45, 7) is 9.68. The fraction of sp³-hybridized carbons (Fsp3) is 0.455. The first-order valence-corrected chi connectivity index (χ1v) is 9.34. The van der Waals surface area contributed by atoms with Gasteiger partial charge in [0.15, 0.2) is 0 Å². The fourth-order valence-corrected chi connectivity index (χ4v) is 3.79. The van der Waals surface area contributed by atoms with Gasteiger partial charge in [-0.25, -0.2) is 0 Å². The molecule has 3 heteroatoms. The number of aryl methyl sites for hydroxylation is 1. The van der Waals surface area contributed by atoms with Gasteiger partial charge in [-0.15, -0.1) is 0 Å². The van der Waals surface area contributed by atoms with Crippen molar-refractivity contribution in [1.29, 1.82) is 0 Å². The fourth-order valence-electron chi connectivity index (χ4n) is 3.79. The Morgan fingerprint density at radius 3 is 2.60 bits per heavy atom. The Bertz CT molecular complexity index is 711. The molecule has 0 aliphatic carbocycles. The summed E-state index contributed by atoms with van der Waals surface area (Å²) >= 11 is 0. The minimum Gasteiger partial charge on any atom is -0.491 e. The van der Waals surface area contributed by atoms with E-state index >= 15 is 0 Å². The maximum Gasteiger partial charge on any atom is 0.137 e. The van der Waals surface area contributed by atoms with Gasteiger partial charge in [-0.05, 0) is 41.7 Å². The first-order valence-electron chi connectivity index (χ1n) is 9.34. The highest BCUT2D eigenvalue weighted by Crippen LogP contribution is 2.23. The van der Waals surface area contributed by atoms with Gasteiger partial charge >= 0.3 is 0 Å². The normalized spacial score (nSPS) is 18.0. The predicted molar refractivity (Wildman–Crippen MR) is 101 cm³/mol. The second-order valence-corrected chi connectivity index (χ2v) is 7.54. The van der Waals surface area contributed by atoms with E-state index in [4.69, 9.17) is 4.74 Å². The van der Waals surface area contributed by atoms with E-state index in [2.05, 4.69) is 57.2 Å². The first kappa shape index (κ1) is 18.0. The molecule has 3 nitrogen and oxygen atoms in total. The molecule has 134 valence electrons. The molecule has 0 spiro atoms. The van der Waals surface area contributed by atoms with E-state index in [0.717, 1.165) is 31.8 Å². The van der Waals surface area contributed by atoms with E-state index in [0.29, 0.717) is 12.5 Å². The number of fused-ring (bicyclic) bond motifs is 1. The minimum atomic E-state index is -0.439. The lowest BCUT2D eigenvalue weighted by Gasteiger charge is -2.27. The Hall–Kier alpha value is -1.84. The van der Waals surface area contributed by atoms with Crippen molar-refractivity contribution >= 4 is 0 Å². The van der Waals surface area contributed by atoms with Crippen LogP contribution < -0.4 is 9.64 Å². The summed E-state index contributed by atoms with van der Waals surface area (Å²) in [5, 5.41) is 10.4. The summed E-state index contributed by atoms with van der Waals surface area (Å²) < 4.78 is 5.83. The molecular formula is C22H30NO2+. The zero-order chi connectivity index (χ0) is 17.8. The molecular weight excluding hydrogens is 310 g/mol. The Kier molecular flexibility index (Phi) is 5.77. The number of benzene rings is 2. The monoisotopic (exact) mass is 340 g/mol. The van der Waals surface area contributed by atoms with Crippen LogP contribution in [0.15, 0.2) is 42.5 Å². The van der Waals surface area contributed by atoms with Crippen LogP contribution in [0.4, 0.5) is 0 Å². The topological polar surface area (TPSA) is 33.9 Å². The summed E-state index contributed by atoms with van der Waals surface area (Å²) in [7, 11) is 0. The predicted octanol–water partition coefficient (Wildman–Crippen LogP) is 2.50. The third-order valence-corrected chi connectivity index (χ3v) is 5.14. The van der Waals surface area contributed by atoms with Gasteiger partial charge in [-0.1, -0.05) is 44.2 Å². The van der Waals surface area contributed by atoms with Crippen LogP contribution in [0.1, 0.15) is 42.0 Å². The number of nitrogens with one attached hydrogen (secondary N) is 1. The third-order valence-electron chi connectivity index (χ3n) is 5.14. The molecule has 0 bridgehead atoms. The van der Waals surface area contributed by atoms with Crippen LogP contribution in [0.25, 0.3) is 0 Å². The van der Waals surface area contributed by atoms with Crippen molar-refractivity contribution < 1.29 is 14.7 Å². The van der Waals surface area contributed by atoms with Gasteiger partial charge in [-0.2, -0.15) is 0 Å². The number of ether oxygens (including phenoxy) is 1. The highest BCUT2D eigenvalue weighted by molar-refractivity contribution is 5.36. The molecule has 0 aromatic heterocycles. The number of hydrogen-bond donors (Lipinski definition) is 2. The molecule has 2 N–H and O–H groups in total. The SMILES string of the molecule is Cc1cc(OCC(O)C[NH+]2CCc3ccccc3C2)ccc1C(C)C. The summed E-state index contributed by atoms with van der Waals surface area (Å²) in [6.07, 6.45) is 0.653.